The number of rotatable bonds is 8. The molecular weight excluding hydrogens is 724 g/mol. The van der Waals surface area contributed by atoms with Crippen molar-refractivity contribution >= 4 is 40.1 Å². The van der Waals surface area contributed by atoms with Gasteiger partial charge in [-0.25, -0.2) is 18.7 Å². The molecule has 0 bridgehead atoms. The Morgan fingerprint density at radius 3 is 2.50 bits per heavy atom. The summed E-state index contributed by atoms with van der Waals surface area (Å²) in [4.78, 5) is 71.4. The molecule has 15 nitrogen and oxygen atoms in total. The van der Waals surface area contributed by atoms with Gasteiger partial charge in [0.25, 0.3) is 5.91 Å². The molecule has 4 fully saturated rings. The van der Waals surface area contributed by atoms with E-state index >= 15 is 0 Å². The largest absolute Gasteiger partial charge is 0.446 e. The zero-order valence-corrected chi connectivity index (χ0v) is 31.0. The van der Waals surface area contributed by atoms with Crippen LogP contribution in [0.5, 0.6) is 0 Å². The third-order valence-electron chi connectivity index (χ3n) is 11.5. The van der Waals surface area contributed by atoms with Crippen LogP contribution in [0.1, 0.15) is 94.6 Å². The van der Waals surface area contributed by atoms with Gasteiger partial charge >= 0.3 is 22.4 Å². The summed E-state index contributed by atoms with van der Waals surface area (Å²) < 4.78 is 56.0. The number of ether oxygens (including phenoxy) is 2. The summed E-state index contributed by atoms with van der Waals surface area (Å²) in [6.07, 6.45) is 9.26. The SMILES string of the molecule is O=C(N[C@H]1CCCCC/C=C\[C@H]2C[C@@]2(C(=O)NS(=O)(=O)NCC2CC2)NC(=O)[C@@H]2C[C@@H](OC(=O)N3Cc4cccc(F)c4C3)CN2C1=O)OC1CCCC1. The van der Waals surface area contributed by atoms with Gasteiger partial charge in [-0.1, -0.05) is 37.1 Å². The molecule has 5 atom stereocenters. The first-order valence-electron chi connectivity index (χ1n) is 19.2. The van der Waals surface area contributed by atoms with E-state index in [1.54, 1.807) is 12.1 Å². The number of allylic oxidation sites excluding steroid dienone is 1. The number of carbonyl (C=O) groups is 5. The number of hydrogen-bond donors (Lipinski definition) is 4. The van der Waals surface area contributed by atoms with Crippen molar-refractivity contribution in [2.75, 3.05) is 13.1 Å². The van der Waals surface area contributed by atoms with Gasteiger partial charge in [-0.15, -0.1) is 0 Å². The molecule has 3 aliphatic carbocycles. The Labute approximate surface area is 314 Å². The van der Waals surface area contributed by atoms with Gasteiger partial charge in [0.15, 0.2) is 0 Å². The standard InChI is InChI=1S/C37H49FN6O9S/c38-29-13-8-9-24-20-43(22-28(24)29)36(49)53-27-17-31-32(45)41-37(34(47)42-54(50,51)39-19-23-15-16-23)18-25(37)10-4-2-1-3-5-14-30(33(46)44(31)21-27)40-35(48)52-26-11-6-7-12-26/h4,8-10,13,23,25-27,30-31,39H,1-3,5-7,11-12,14-22H2,(H,40,48)(H,41,45)(H,42,47)/b10-4-/t25-,27+,30-,31-,37+/m0/s1. The van der Waals surface area contributed by atoms with Crippen LogP contribution in [0.2, 0.25) is 0 Å². The quantitative estimate of drug-likeness (QED) is 0.288. The van der Waals surface area contributed by atoms with Crippen LogP contribution in [0.4, 0.5) is 14.0 Å². The second-order valence-electron chi connectivity index (χ2n) is 15.6. The number of nitrogens with one attached hydrogen (secondary N) is 4. The normalized spacial score (nSPS) is 29.5. The lowest BCUT2D eigenvalue weighted by molar-refractivity contribution is -0.141. The Balaban J connectivity index is 1.11. The van der Waals surface area contributed by atoms with Crippen LogP contribution >= 0.6 is 0 Å². The molecule has 1 aromatic rings. The van der Waals surface area contributed by atoms with Crippen LogP contribution in [-0.2, 0) is 47.2 Å². The maximum absolute atomic E-state index is 14.4. The van der Waals surface area contributed by atoms with E-state index in [0.717, 1.165) is 51.4 Å². The minimum atomic E-state index is -4.21. The third-order valence-corrected chi connectivity index (χ3v) is 12.5. The second kappa shape index (κ2) is 15.8. The van der Waals surface area contributed by atoms with E-state index in [-0.39, 0.29) is 57.5 Å². The molecule has 6 aliphatic rings. The van der Waals surface area contributed by atoms with Crippen molar-refractivity contribution in [2.24, 2.45) is 11.8 Å². The molecule has 54 heavy (non-hydrogen) atoms. The summed E-state index contributed by atoms with van der Waals surface area (Å²) in [7, 11) is -4.21. The van der Waals surface area contributed by atoms with Gasteiger partial charge in [0.2, 0.25) is 11.8 Å². The predicted octanol–water partition coefficient (Wildman–Crippen LogP) is 3.04. The fourth-order valence-electron chi connectivity index (χ4n) is 8.03. The van der Waals surface area contributed by atoms with Crippen molar-refractivity contribution < 1.29 is 46.3 Å². The van der Waals surface area contributed by atoms with E-state index < -0.39 is 75.6 Å². The van der Waals surface area contributed by atoms with E-state index in [4.69, 9.17) is 9.47 Å². The second-order valence-corrected chi connectivity index (χ2v) is 17.1. The molecule has 0 radical (unpaired) electrons. The number of hydrogen-bond acceptors (Lipinski definition) is 9. The Morgan fingerprint density at radius 2 is 1.74 bits per heavy atom. The number of fused-ring (bicyclic) bond motifs is 3. The van der Waals surface area contributed by atoms with Crippen LogP contribution in [0.25, 0.3) is 0 Å². The van der Waals surface area contributed by atoms with Crippen LogP contribution in [-0.4, -0.2) is 91.0 Å². The van der Waals surface area contributed by atoms with E-state index in [9.17, 15) is 36.8 Å². The molecule has 0 spiro atoms. The highest BCUT2D eigenvalue weighted by Gasteiger charge is 2.61. The lowest BCUT2D eigenvalue weighted by Crippen LogP contribution is -2.59. The number of carbonyl (C=O) groups excluding carboxylic acids is 5. The fourth-order valence-corrected chi connectivity index (χ4v) is 8.98. The average molecular weight is 773 g/mol. The van der Waals surface area contributed by atoms with E-state index in [2.05, 4.69) is 20.1 Å². The Morgan fingerprint density at radius 1 is 0.963 bits per heavy atom. The number of benzene rings is 1. The molecule has 0 unspecified atom stereocenters. The molecule has 1 aromatic carbocycles. The summed E-state index contributed by atoms with van der Waals surface area (Å²) in [6.45, 7) is 0.146. The smallest absolute Gasteiger partial charge is 0.410 e. The molecule has 3 saturated carbocycles. The minimum absolute atomic E-state index is 0.000177. The van der Waals surface area contributed by atoms with E-state index in [1.165, 1.54) is 15.9 Å². The molecule has 0 aromatic heterocycles. The lowest BCUT2D eigenvalue weighted by atomic mass is 10.0. The first-order chi connectivity index (χ1) is 25.9. The summed E-state index contributed by atoms with van der Waals surface area (Å²) in [5, 5.41) is 5.52. The average Bonchev–Trinajstić information content (AvgIpc) is 3.86. The minimum Gasteiger partial charge on any atom is -0.446 e. The van der Waals surface area contributed by atoms with Gasteiger partial charge in [0.05, 0.1) is 13.1 Å². The first kappa shape index (κ1) is 38.0. The first-order valence-corrected chi connectivity index (χ1v) is 20.7. The van der Waals surface area contributed by atoms with E-state index in [1.807, 2.05) is 12.2 Å². The summed E-state index contributed by atoms with van der Waals surface area (Å²) in [5.74, 6) is -2.90. The van der Waals surface area contributed by atoms with Gasteiger partial charge in [-0.2, -0.15) is 13.1 Å². The van der Waals surface area contributed by atoms with Crippen molar-refractivity contribution in [1.29, 1.82) is 0 Å². The highest BCUT2D eigenvalue weighted by atomic mass is 32.2. The van der Waals surface area contributed by atoms with Gasteiger partial charge < -0.3 is 25.0 Å². The summed E-state index contributed by atoms with van der Waals surface area (Å²) >= 11 is 0. The number of amides is 5. The van der Waals surface area contributed by atoms with Crippen molar-refractivity contribution in [1.82, 2.24) is 29.9 Å². The Hall–Kier alpha value is -4.25. The number of nitrogens with zero attached hydrogens (tertiary/aromatic N) is 2. The maximum atomic E-state index is 14.4. The van der Waals surface area contributed by atoms with Crippen molar-refractivity contribution in [3.8, 4) is 0 Å². The molecule has 294 valence electrons. The molecule has 17 heteroatoms. The van der Waals surface area contributed by atoms with Crippen molar-refractivity contribution in [3.63, 3.8) is 0 Å². The zero-order valence-electron chi connectivity index (χ0n) is 30.2. The molecule has 4 N–H and O–H groups in total. The molecule has 3 aliphatic heterocycles. The number of halogens is 1. The zero-order chi connectivity index (χ0) is 38.0. The van der Waals surface area contributed by atoms with Gasteiger partial charge in [0.1, 0.15) is 35.6 Å². The van der Waals surface area contributed by atoms with Crippen molar-refractivity contribution in [3.05, 3.63) is 47.3 Å². The molecule has 3 heterocycles. The van der Waals surface area contributed by atoms with Gasteiger partial charge in [-0.05, 0) is 81.8 Å². The predicted molar refractivity (Wildman–Crippen MR) is 191 cm³/mol. The van der Waals surface area contributed by atoms with Crippen LogP contribution in [0.15, 0.2) is 30.4 Å². The molecular formula is C37H49FN6O9S. The van der Waals surface area contributed by atoms with Crippen LogP contribution < -0.4 is 20.1 Å². The summed E-state index contributed by atoms with van der Waals surface area (Å²) in [6, 6.07) is 2.34. The maximum Gasteiger partial charge on any atom is 0.410 e. The molecule has 7 rings (SSSR count). The molecule has 5 amide bonds. The Bertz CT molecular complexity index is 1780. The third kappa shape index (κ3) is 8.82. The van der Waals surface area contributed by atoms with Crippen molar-refractivity contribution in [2.45, 2.75) is 126 Å². The fraction of sp³-hybridized carbons (Fsp3) is 0.649. The topological polar surface area (TPSA) is 193 Å². The summed E-state index contributed by atoms with van der Waals surface area (Å²) in [5.41, 5.74) is -0.553. The Kier molecular flexibility index (Phi) is 11.2. The van der Waals surface area contributed by atoms with Crippen LogP contribution in [0.3, 0.4) is 0 Å². The van der Waals surface area contributed by atoms with Gasteiger partial charge in [-0.3, -0.25) is 19.3 Å². The highest BCUT2D eigenvalue weighted by molar-refractivity contribution is 7.88. The molecule has 1 saturated heterocycles. The van der Waals surface area contributed by atoms with Gasteiger partial charge in [0, 0.05) is 31.0 Å². The number of alkyl carbamates (subject to hydrolysis) is 1. The van der Waals surface area contributed by atoms with E-state index in [0.29, 0.717) is 24.0 Å². The monoisotopic (exact) mass is 772 g/mol. The van der Waals surface area contributed by atoms with Crippen LogP contribution in [0, 0.1) is 17.7 Å². The lowest BCUT2D eigenvalue weighted by Gasteiger charge is -2.30. The highest BCUT2D eigenvalue weighted by Crippen LogP contribution is 2.46.